The predicted octanol–water partition coefficient (Wildman–Crippen LogP) is 3.22. The van der Waals surface area contributed by atoms with Gasteiger partial charge in [-0.15, -0.1) is 0 Å². The Balaban J connectivity index is 1.24. The number of nitrogens with one attached hydrogen (secondary N) is 2. The van der Waals surface area contributed by atoms with E-state index in [-0.39, 0.29) is 36.6 Å². The number of ether oxygens (including phenoxy) is 1. The number of piperidine rings is 1. The molecule has 200 valence electrons. The van der Waals surface area contributed by atoms with Crippen molar-refractivity contribution in [3.05, 3.63) is 54.1 Å². The van der Waals surface area contributed by atoms with Crippen LogP contribution in [0.5, 0.6) is 5.75 Å². The first-order valence-electron chi connectivity index (χ1n) is 12.5. The molecule has 38 heavy (non-hydrogen) atoms. The first-order chi connectivity index (χ1) is 18.3. The highest BCUT2D eigenvalue weighted by Crippen LogP contribution is 2.29. The van der Waals surface area contributed by atoms with Crippen LogP contribution in [-0.4, -0.2) is 77.6 Å². The number of amidine groups is 1. The molecule has 0 aliphatic carbocycles. The smallest absolute Gasteiger partial charge is 0.262 e. The molecule has 10 nitrogen and oxygen atoms in total. The van der Waals surface area contributed by atoms with Crippen molar-refractivity contribution in [2.45, 2.75) is 30.9 Å². The first-order valence-corrected chi connectivity index (χ1v) is 13.3. The van der Waals surface area contributed by atoms with Crippen LogP contribution in [0.3, 0.4) is 0 Å². The van der Waals surface area contributed by atoms with Gasteiger partial charge in [0.1, 0.15) is 11.0 Å². The van der Waals surface area contributed by atoms with Gasteiger partial charge in [-0.05, 0) is 55.7 Å². The molecule has 0 bridgehead atoms. The van der Waals surface area contributed by atoms with E-state index in [1.807, 2.05) is 0 Å². The fourth-order valence-electron chi connectivity index (χ4n) is 4.22. The molecule has 0 radical (unpaired) electrons. The van der Waals surface area contributed by atoms with E-state index >= 15 is 0 Å². The Labute approximate surface area is 225 Å². The van der Waals surface area contributed by atoms with Gasteiger partial charge < -0.3 is 25.2 Å². The van der Waals surface area contributed by atoms with Crippen molar-refractivity contribution in [2.24, 2.45) is 4.99 Å². The number of amides is 4. The fourth-order valence-corrected chi connectivity index (χ4v) is 5.33. The molecular weight excluding hydrogens is 506 g/mol. The quantitative estimate of drug-likeness (QED) is 0.531. The van der Waals surface area contributed by atoms with Crippen LogP contribution in [0.1, 0.15) is 36.0 Å². The first kappa shape index (κ1) is 27.2. The molecule has 1 fully saturated rings. The van der Waals surface area contributed by atoms with Gasteiger partial charge in [-0.2, -0.15) is 4.99 Å². The van der Waals surface area contributed by atoms with E-state index in [1.165, 1.54) is 23.1 Å². The minimum Gasteiger partial charge on any atom is -0.497 e. The van der Waals surface area contributed by atoms with E-state index in [9.17, 15) is 19.2 Å². The molecule has 0 spiro atoms. The number of rotatable bonds is 8. The third-order valence-corrected chi connectivity index (χ3v) is 7.44. The zero-order valence-electron chi connectivity index (χ0n) is 21.4. The predicted molar refractivity (Wildman–Crippen MR) is 148 cm³/mol. The van der Waals surface area contributed by atoms with Gasteiger partial charge in [0.05, 0.1) is 13.7 Å². The van der Waals surface area contributed by atoms with E-state index in [4.69, 9.17) is 4.74 Å². The lowest BCUT2D eigenvalue weighted by Gasteiger charge is -2.27. The summed E-state index contributed by atoms with van der Waals surface area (Å²) in [7, 11) is 3.08. The Kier molecular flexibility index (Phi) is 9.01. The number of hydrogen-bond acceptors (Lipinski definition) is 7. The van der Waals surface area contributed by atoms with Crippen LogP contribution in [-0.2, 0) is 14.4 Å². The van der Waals surface area contributed by atoms with E-state index in [0.29, 0.717) is 22.7 Å². The van der Waals surface area contributed by atoms with Crippen LogP contribution in [0.2, 0.25) is 0 Å². The summed E-state index contributed by atoms with van der Waals surface area (Å²) in [4.78, 5) is 57.6. The second-order valence-corrected chi connectivity index (χ2v) is 10.3. The molecule has 2 aromatic carbocycles. The van der Waals surface area contributed by atoms with E-state index in [1.54, 1.807) is 62.7 Å². The maximum absolute atomic E-state index is 12.8. The SMILES string of the molecule is COc1cccc(NC(=O)CN(C)C(=O)c2ccc(NC(=O)C[C@H]3SC(N4CCCCC4)=NC3=O)cc2)c1. The van der Waals surface area contributed by atoms with Gasteiger partial charge in [-0.25, -0.2) is 0 Å². The number of carbonyl (C=O) groups is 4. The van der Waals surface area contributed by atoms with E-state index < -0.39 is 5.25 Å². The van der Waals surface area contributed by atoms with Crippen molar-refractivity contribution in [3.63, 3.8) is 0 Å². The van der Waals surface area contributed by atoms with Crippen LogP contribution in [0.15, 0.2) is 53.5 Å². The molecule has 4 amide bonds. The van der Waals surface area contributed by atoms with Gasteiger partial charge in [0.2, 0.25) is 11.8 Å². The average molecular weight is 538 g/mol. The Morgan fingerprint density at radius 3 is 2.45 bits per heavy atom. The molecule has 2 aliphatic heterocycles. The molecule has 1 saturated heterocycles. The van der Waals surface area contributed by atoms with Crippen molar-refractivity contribution in [1.29, 1.82) is 0 Å². The maximum Gasteiger partial charge on any atom is 0.262 e. The lowest BCUT2D eigenvalue weighted by molar-refractivity contribution is -0.121. The summed E-state index contributed by atoms with van der Waals surface area (Å²) in [6.07, 6.45) is 3.39. The molecule has 0 saturated carbocycles. The van der Waals surface area contributed by atoms with Gasteiger partial charge in [-0.3, -0.25) is 19.2 Å². The van der Waals surface area contributed by atoms with Crippen LogP contribution in [0, 0.1) is 0 Å². The number of aliphatic imine (C=N–C) groups is 1. The van der Waals surface area contributed by atoms with Crippen molar-refractivity contribution >= 4 is 51.9 Å². The molecule has 11 heteroatoms. The minimum atomic E-state index is -0.524. The molecule has 2 heterocycles. The third-order valence-electron chi connectivity index (χ3n) is 6.22. The monoisotopic (exact) mass is 537 g/mol. The van der Waals surface area contributed by atoms with Crippen molar-refractivity contribution in [2.75, 3.05) is 44.4 Å². The normalized spacial score (nSPS) is 17.0. The van der Waals surface area contributed by atoms with Gasteiger partial charge in [-0.1, -0.05) is 17.8 Å². The fraction of sp³-hybridized carbons (Fsp3) is 0.370. The van der Waals surface area contributed by atoms with Gasteiger partial charge in [0, 0.05) is 49.6 Å². The van der Waals surface area contributed by atoms with Gasteiger partial charge >= 0.3 is 0 Å². The van der Waals surface area contributed by atoms with Crippen molar-refractivity contribution < 1.29 is 23.9 Å². The lowest BCUT2D eigenvalue weighted by Crippen LogP contribution is -2.34. The molecule has 0 aromatic heterocycles. The number of likely N-dealkylation sites (tertiary alicyclic amines) is 1. The second kappa shape index (κ2) is 12.6. The molecule has 2 aromatic rings. The zero-order valence-corrected chi connectivity index (χ0v) is 22.3. The van der Waals surface area contributed by atoms with E-state index in [2.05, 4.69) is 20.5 Å². The highest BCUT2D eigenvalue weighted by molar-refractivity contribution is 8.15. The highest BCUT2D eigenvalue weighted by Gasteiger charge is 2.33. The van der Waals surface area contributed by atoms with Crippen LogP contribution in [0.25, 0.3) is 0 Å². The van der Waals surface area contributed by atoms with Crippen molar-refractivity contribution in [1.82, 2.24) is 9.80 Å². The number of carbonyl (C=O) groups excluding carboxylic acids is 4. The number of nitrogens with zero attached hydrogens (tertiary/aromatic N) is 3. The summed E-state index contributed by atoms with van der Waals surface area (Å²) >= 11 is 1.36. The Hall–Kier alpha value is -3.86. The molecule has 4 rings (SSSR count). The van der Waals surface area contributed by atoms with Crippen LogP contribution in [0.4, 0.5) is 11.4 Å². The van der Waals surface area contributed by atoms with Crippen LogP contribution >= 0.6 is 11.8 Å². The Morgan fingerprint density at radius 2 is 1.74 bits per heavy atom. The van der Waals surface area contributed by atoms with Gasteiger partial charge in [0.25, 0.3) is 11.8 Å². The summed E-state index contributed by atoms with van der Waals surface area (Å²) in [5.41, 5.74) is 1.46. The standard InChI is InChI=1S/C27H31N5O5S/c1-31(17-24(34)29-20-7-6-8-21(15-20)37-2)26(36)18-9-11-19(12-10-18)28-23(33)16-22-25(35)30-27(38-22)32-13-4-3-5-14-32/h6-12,15,22H,3-5,13-14,16-17H2,1-2H3,(H,28,33)(H,29,34)/t22-/m1/s1. The summed E-state index contributed by atoms with van der Waals surface area (Å²) in [6, 6.07) is 13.4. The number of benzene rings is 2. The number of anilines is 2. The summed E-state index contributed by atoms with van der Waals surface area (Å²) in [5, 5.41) is 5.72. The second-order valence-electron chi connectivity index (χ2n) is 9.16. The number of hydrogen-bond donors (Lipinski definition) is 2. The number of likely N-dealkylation sites (N-methyl/N-ethyl adjacent to an activating group) is 1. The third kappa shape index (κ3) is 7.12. The molecule has 2 aliphatic rings. The summed E-state index contributed by atoms with van der Waals surface area (Å²) < 4.78 is 5.15. The average Bonchev–Trinajstić information content (AvgIpc) is 3.28. The highest BCUT2D eigenvalue weighted by atomic mass is 32.2. The minimum absolute atomic E-state index is 0.0240. The van der Waals surface area contributed by atoms with E-state index in [0.717, 1.165) is 31.1 Å². The summed E-state index contributed by atoms with van der Waals surface area (Å²) in [6.45, 7) is 1.65. The van der Waals surface area contributed by atoms with Gasteiger partial charge in [0.15, 0.2) is 5.17 Å². The molecule has 0 unspecified atom stereocenters. The largest absolute Gasteiger partial charge is 0.497 e. The maximum atomic E-state index is 12.8. The van der Waals surface area contributed by atoms with Crippen LogP contribution < -0.4 is 15.4 Å². The Morgan fingerprint density at radius 1 is 1.03 bits per heavy atom. The summed E-state index contributed by atoms with van der Waals surface area (Å²) in [5.74, 6) is -0.631. The Bertz CT molecular complexity index is 1230. The molecular formula is C27H31N5O5S. The van der Waals surface area contributed by atoms with Crippen molar-refractivity contribution in [3.8, 4) is 5.75 Å². The topological polar surface area (TPSA) is 120 Å². The number of methoxy groups -OCH3 is 1. The molecule has 1 atom stereocenters. The molecule has 2 N–H and O–H groups in total. The number of thioether (sulfide) groups is 1. The lowest BCUT2D eigenvalue weighted by atomic mass is 10.1. The zero-order chi connectivity index (χ0) is 27.1.